The second kappa shape index (κ2) is 13.4. The molecule has 0 aliphatic rings. The molecule has 0 spiro atoms. The Morgan fingerprint density at radius 2 is 1.88 bits per heavy atom. The summed E-state index contributed by atoms with van der Waals surface area (Å²) in [7, 11) is 0. The first-order valence-electron chi connectivity index (χ1n) is 13.5. The normalized spacial score (nSPS) is 11.6. The Hall–Kier alpha value is -5.02. The molecule has 12 heteroatoms. The van der Waals surface area contributed by atoms with Crippen LogP contribution in [0, 0.1) is 18.3 Å². The van der Waals surface area contributed by atoms with Crippen LogP contribution in [-0.2, 0) is 4.79 Å². The van der Waals surface area contributed by atoms with Crippen molar-refractivity contribution < 1.29 is 10.0 Å². The lowest BCUT2D eigenvalue weighted by molar-refractivity contribution is -0.129. The number of hydroxylamine groups is 1. The molecule has 0 saturated heterocycles. The van der Waals surface area contributed by atoms with E-state index in [1.807, 2.05) is 49.4 Å². The van der Waals surface area contributed by atoms with Gasteiger partial charge < -0.3 is 16.4 Å². The lowest BCUT2D eigenvalue weighted by Gasteiger charge is -2.23. The van der Waals surface area contributed by atoms with E-state index in [2.05, 4.69) is 26.7 Å². The van der Waals surface area contributed by atoms with E-state index in [4.69, 9.17) is 15.9 Å². The minimum atomic E-state index is -0.485. The van der Waals surface area contributed by atoms with Crippen LogP contribution in [0.4, 0.5) is 17.5 Å². The van der Waals surface area contributed by atoms with Crippen molar-refractivity contribution in [3.8, 4) is 11.8 Å². The van der Waals surface area contributed by atoms with E-state index in [9.17, 15) is 14.9 Å². The number of hydrogen-bond acceptors (Lipinski definition) is 10. The van der Waals surface area contributed by atoms with Gasteiger partial charge in [-0.25, -0.2) is 15.4 Å². The maximum atomic E-state index is 14.2. The molecule has 212 valence electrons. The van der Waals surface area contributed by atoms with Crippen molar-refractivity contribution in [3.05, 3.63) is 76.0 Å². The summed E-state index contributed by atoms with van der Waals surface area (Å²) in [5.41, 5.74) is 9.86. The highest BCUT2D eigenvalue weighted by Crippen LogP contribution is 2.28. The molecule has 1 atom stereocenters. The summed E-state index contributed by atoms with van der Waals surface area (Å²) in [6, 6.07) is 16.4. The number of benzene rings is 2. The molecule has 4 aromatic rings. The number of nitrogens with one attached hydrogen (secondary N) is 3. The van der Waals surface area contributed by atoms with E-state index in [1.165, 1.54) is 0 Å². The fraction of sp³-hybridized carbons (Fsp3) is 0.310. The van der Waals surface area contributed by atoms with Crippen LogP contribution in [0.5, 0.6) is 0 Å². The highest BCUT2D eigenvalue weighted by Gasteiger charge is 2.23. The van der Waals surface area contributed by atoms with Gasteiger partial charge in [0.05, 0.1) is 28.3 Å². The number of carbonyl (C=O) groups excluding carboxylic acids is 1. The average molecular weight is 556 g/mol. The number of rotatable bonds is 12. The van der Waals surface area contributed by atoms with Gasteiger partial charge >= 0.3 is 0 Å². The third-order valence-corrected chi connectivity index (χ3v) is 6.71. The summed E-state index contributed by atoms with van der Waals surface area (Å²) >= 11 is 0. The molecule has 2 aromatic carbocycles. The van der Waals surface area contributed by atoms with E-state index in [0.29, 0.717) is 53.2 Å². The number of nitrogens with two attached hydrogens (primary N) is 1. The Labute approximate surface area is 237 Å². The molecule has 1 amide bonds. The van der Waals surface area contributed by atoms with Crippen molar-refractivity contribution in [2.24, 2.45) is 0 Å². The van der Waals surface area contributed by atoms with E-state index in [-0.39, 0.29) is 29.3 Å². The molecule has 41 heavy (non-hydrogen) atoms. The van der Waals surface area contributed by atoms with Gasteiger partial charge in [0.1, 0.15) is 23.3 Å². The first-order chi connectivity index (χ1) is 19.9. The van der Waals surface area contributed by atoms with Gasteiger partial charge in [-0.15, -0.1) is 0 Å². The molecular formula is C29H33N9O3. The Bertz CT molecular complexity index is 1630. The predicted octanol–water partition coefficient (Wildman–Crippen LogP) is 3.98. The maximum absolute atomic E-state index is 14.2. The van der Waals surface area contributed by atoms with Crippen LogP contribution >= 0.6 is 0 Å². The average Bonchev–Trinajstić information content (AvgIpc) is 2.97. The Balaban J connectivity index is 1.74. The smallest absolute Gasteiger partial charge is 0.268 e. The fourth-order valence-corrected chi connectivity index (χ4v) is 4.67. The lowest BCUT2D eigenvalue weighted by atomic mass is 10.1. The molecular weight excluding hydrogens is 522 g/mol. The van der Waals surface area contributed by atoms with Crippen molar-refractivity contribution in [2.75, 3.05) is 22.9 Å². The van der Waals surface area contributed by atoms with Gasteiger partial charge in [-0.3, -0.25) is 19.4 Å². The summed E-state index contributed by atoms with van der Waals surface area (Å²) in [6.07, 6.45) is 2.99. The van der Waals surface area contributed by atoms with Crippen LogP contribution < -0.4 is 27.4 Å². The Kier molecular flexibility index (Phi) is 9.44. The van der Waals surface area contributed by atoms with Crippen molar-refractivity contribution in [1.82, 2.24) is 25.0 Å². The highest BCUT2D eigenvalue weighted by atomic mass is 16.5. The molecule has 0 aliphatic carbocycles. The van der Waals surface area contributed by atoms with Crippen LogP contribution in [0.25, 0.3) is 16.6 Å². The number of para-hydroxylation sites is 1. The first kappa shape index (κ1) is 29.0. The second-order valence-corrected chi connectivity index (χ2v) is 9.53. The minimum Gasteiger partial charge on any atom is -0.384 e. The Morgan fingerprint density at radius 3 is 2.59 bits per heavy atom. The zero-order valence-corrected chi connectivity index (χ0v) is 23.0. The highest BCUT2D eigenvalue weighted by molar-refractivity contribution is 5.91. The second-order valence-electron chi connectivity index (χ2n) is 9.53. The fourth-order valence-electron chi connectivity index (χ4n) is 4.67. The maximum Gasteiger partial charge on any atom is 0.268 e. The SMILES string of the molecule is CCC(Nc1nc(N)nc(C)c1C#N)c1nc2cccc(NCCCCCC(=O)NO)c2c(=O)n1-c1ccccc1. The molecule has 1 unspecified atom stereocenters. The van der Waals surface area contributed by atoms with E-state index in [1.54, 1.807) is 23.0 Å². The summed E-state index contributed by atoms with van der Waals surface area (Å²) in [5, 5.41) is 25.5. The van der Waals surface area contributed by atoms with Crippen LogP contribution in [0.15, 0.2) is 53.3 Å². The zero-order valence-electron chi connectivity index (χ0n) is 23.0. The van der Waals surface area contributed by atoms with Crippen molar-refractivity contribution in [3.63, 3.8) is 0 Å². The summed E-state index contributed by atoms with van der Waals surface area (Å²) < 4.78 is 1.59. The van der Waals surface area contributed by atoms with E-state index in [0.717, 1.165) is 12.8 Å². The van der Waals surface area contributed by atoms with Gasteiger partial charge in [-0.2, -0.15) is 10.2 Å². The van der Waals surface area contributed by atoms with Crippen LogP contribution in [0.3, 0.4) is 0 Å². The number of carbonyl (C=O) groups is 1. The Morgan fingerprint density at radius 1 is 1.10 bits per heavy atom. The number of aryl methyl sites for hydroxylation is 1. The topological polar surface area (TPSA) is 184 Å². The van der Waals surface area contributed by atoms with Gasteiger partial charge in [-0.05, 0) is 50.5 Å². The number of nitriles is 1. The number of unbranched alkanes of at least 4 members (excludes halogenated alkanes) is 2. The standard InChI is InChI=1S/C29H33N9O3/c1-3-21(34-26-20(17-30)18(2)33-29(31)36-26)27-35-23-14-10-13-22(32-16-9-5-8-15-24(39)37-41)25(23)28(40)38(27)19-11-6-4-7-12-19/h4,6-7,10-14,21,32,41H,3,5,8-9,15-16H2,1-2H3,(H,37,39)(H3,31,33,34,36). The van der Waals surface area contributed by atoms with Crippen molar-refractivity contribution >= 4 is 34.3 Å². The number of anilines is 3. The van der Waals surface area contributed by atoms with Crippen molar-refractivity contribution in [1.29, 1.82) is 5.26 Å². The number of aromatic nitrogens is 4. The molecule has 4 rings (SSSR count). The molecule has 0 saturated carbocycles. The quantitative estimate of drug-likeness (QED) is 0.0973. The van der Waals surface area contributed by atoms with Gasteiger partial charge in [0.25, 0.3) is 5.56 Å². The number of hydrogen-bond donors (Lipinski definition) is 5. The third kappa shape index (κ3) is 6.59. The zero-order chi connectivity index (χ0) is 29.4. The van der Waals surface area contributed by atoms with Gasteiger partial charge in [-0.1, -0.05) is 37.6 Å². The molecule has 0 radical (unpaired) electrons. The molecule has 0 bridgehead atoms. The van der Waals surface area contributed by atoms with Crippen LogP contribution in [0.1, 0.15) is 62.2 Å². The number of nitrogen functional groups attached to an aromatic ring is 1. The largest absolute Gasteiger partial charge is 0.384 e. The number of amides is 1. The summed E-state index contributed by atoms with van der Waals surface area (Å²) in [5.74, 6) is 0.384. The van der Waals surface area contributed by atoms with Crippen LogP contribution in [0.2, 0.25) is 0 Å². The predicted molar refractivity (Wildman–Crippen MR) is 157 cm³/mol. The number of nitrogens with zero attached hydrogens (tertiary/aromatic N) is 5. The molecule has 6 N–H and O–H groups in total. The summed E-state index contributed by atoms with van der Waals surface area (Å²) in [4.78, 5) is 38.7. The van der Waals surface area contributed by atoms with Crippen LogP contribution in [-0.4, -0.2) is 37.2 Å². The molecule has 2 aromatic heterocycles. The van der Waals surface area contributed by atoms with E-state index < -0.39 is 11.9 Å². The lowest BCUT2D eigenvalue weighted by Crippen LogP contribution is -2.29. The number of fused-ring (bicyclic) bond motifs is 1. The first-order valence-corrected chi connectivity index (χ1v) is 13.5. The molecule has 12 nitrogen and oxygen atoms in total. The monoisotopic (exact) mass is 555 g/mol. The minimum absolute atomic E-state index is 0.0400. The van der Waals surface area contributed by atoms with Crippen molar-refractivity contribution in [2.45, 2.75) is 52.0 Å². The molecule has 2 heterocycles. The van der Waals surface area contributed by atoms with Gasteiger partial charge in [0, 0.05) is 18.7 Å². The molecule has 0 fully saturated rings. The molecule has 0 aliphatic heterocycles. The summed E-state index contributed by atoms with van der Waals surface area (Å²) in [6.45, 7) is 4.24. The van der Waals surface area contributed by atoms with Gasteiger partial charge in [0.15, 0.2) is 0 Å². The third-order valence-electron chi connectivity index (χ3n) is 6.71. The van der Waals surface area contributed by atoms with E-state index >= 15 is 0 Å². The van der Waals surface area contributed by atoms with Gasteiger partial charge in [0.2, 0.25) is 11.9 Å².